The van der Waals surface area contributed by atoms with E-state index in [-0.39, 0.29) is 17.9 Å². The molecule has 1 saturated carbocycles. The molecule has 258 valence electrons. The number of anilines is 1. The van der Waals surface area contributed by atoms with Crippen molar-refractivity contribution in [3.63, 3.8) is 0 Å². The van der Waals surface area contributed by atoms with Crippen LogP contribution in [0.4, 0.5) is 28.0 Å². The summed E-state index contributed by atoms with van der Waals surface area (Å²) in [5.74, 6) is -1.94. The van der Waals surface area contributed by atoms with Crippen LogP contribution in [0.15, 0.2) is 72.8 Å². The van der Waals surface area contributed by atoms with E-state index in [1.807, 2.05) is 0 Å². The van der Waals surface area contributed by atoms with Crippen LogP contribution in [0.25, 0.3) is 5.69 Å². The molecule has 1 unspecified atom stereocenters. The quantitative estimate of drug-likeness (QED) is 0.134. The minimum Gasteiger partial charge on any atom is -0.444 e. The SMILES string of the molecule is CC(C)(C)OC(=O)NCc1cccc(-n2nc(C(F)(F)F)cc2C(=O)Nc2cc(C(NCC3CC3)c3ccc(C(N)=O)cc3)ccc2F)c1. The molecule has 0 bridgehead atoms. The molecule has 1 aliphatic rings. The molecule has 10 nitrogen and oxygen atoms in total. The summed E-state index contributed by atoms with van der Waals surface area (Å²) < 4.78 is 62.7. The van der Waals surface area contributed by atoms with E-state index in [1.54, 1.807) is 57.2 Å². The number of nitrogens with one attached hydrogen (secondary N) is 3. The summed E-state index contributed by atoms with van der Waals surface area (Å²) in [6, 6.07) is 16.9. The summed E-state index contributed by atoms with van der Waals surface area (Å²) in [7, 11) is 0. The number of alkyl carbamates (subject to hydrolysis) is 1. The molecular formula is C35H36F4N6O4. The lowest BCUT2D eigenvalue weighted by Crippen LogP contribution is -2.32. The van der Waals surface area contributed by atoms with Crippen molar-refractivity contribution in [2.24, 2.45) is 11.7 Å². The Kier molecular flexibility index (Phi) is 10.1. The number of primary amides is 1. The van der Waals surface area contributed by atoms with Gasteiger partial charge in [-0.15, -0.1) is 0 Å². The van der Waals surface area contributed by atoms with Gasteiger partial charge in [-0.2, -0.15) is 18.3 Å². The summed E-state index contributed by atoms with van der Waals surface area (Å²) in [5.41, 5.74) is 4.80. The number of amides is 3. The molecule has 0 spiro atoms. The average Bonchev–Trinajstić information content (AvgIpc) is 3.74. The van der Waals surface area contributed by atoms with Crippen molar-refractivity contribution in [3.05, 3.63) is 112 Å². The van der Waals surface area contributed by atoms with Crippen molar-refractivity contribution in [1.82, 2.24) is 20.4 Å². The molecule has 4 aromatic rings. The highest BCUT2D eigenvalue weighted by molar-refractivity contribution is 6.03. The average molecular weight is 681 g/mol. The molecule has 5 N–H and O–H groups in total. The van der Waals surface area contributed by atoms with E-state index < -0.39 is 52.9 Å². The lowest BCUT2D eigenvalue weighted by atomic mass is 9.96. The van der Waals surface area contributed by atoms with E-state index in [0.717, 1.165) is 29.2 Å². The Hall–Kier alpha value is -5.24. The van der Waals surface area contributed by atoms with E-state index in [0.29, 0.717) is 35.2 Å². The largest absolute Gasteiger partial charge is 0.444 e. The fourth-order valence-corrected chi connectivity index (χ4v) is 5.04. The molecule has 49 heavy (non-hydrogen) atoms. The molecule has 0 radical (unpaired) electrons. The summed E-state index contributed by atoms with van der Waals surface area (Å²) in [5, 5.41) is 12.1. The van der Waals surface area contributed by atoms with Gasteiger partial charge in [-0.05, 0) is 99.2 Å². The standard InChI is InChI=1S/C35H36F4N6O4/c1-34(2,3)49-33(48)42-19-21-5-4-6-25(15-21)45-28(17-29(44-45)35(37,38)39)32(47)43-27-16-24(13-14-26(27)36)30(41-18-20-7-8-20)22-9-11-23(12-10-22)31(40)46/h4-6,9-17,20,30,41H,7-8,18-19H2,1-3H3,(H2,40,46)(H,42,48)(H,43,47). The number of hydrogen-bond acceptors (Lipinski definition) is 6. The van der Waals surface area contributed by atoms with Gasteiger partial charge in [-0.3, -0.25) is 9.59 Å². The van der Waals surface area contributed by atoms with Crippen molar-refractivity contribution < 1.29 is 36.7 Å². The van der Waals surface area contributed by atoms with Crippen LogP contribution in [0.3, 0.4) is 0 Å². The summed E-state index contributed by atoms with van der Waals surface area (Å²) in [6.07, 6.45) is -3.43. The number of aromatic nitrogens is 2. The Morgan fingerprint density at radius 1 is 0.980 bits per heavy atom. The predicted octanol–water partition coefficient (Wildman–Crippen LogP) is 6.50. The van der Waals surface area contributed by atoms with Crippen LogP contribution < -0.4 is 21.7 Å². The number of carbonyl (C=O) groups excluding carboxylic acids is 3. The zero-order chi connectivity index (χ0) is 35.5. The Morgan fingerprint density at radius 2 is 1.67 bits per heavy atom. The summed E-state index contributed by atoms with van der Waals surface area (Å²) in [4.78, 5) is 37.3. The second-order valence-corrected chi connectivity index (χ2v) is 12.8. The summed E-state index contributed by atoms with van der Waals surface area (Å²) in [6.45, 7) is 5.76. The van der Waals surface area contributed by atoms with E-state index in [2.05, 4.69) is 21.0 Å². The zero-order valence-electron chi connectivity index (χ0n) is 27.0. The number of ether oxygens (including phenoxy) is 1. The van der Waals surface area contributed by atoms with E-state index in [4.69, 9.17) is 10.5 Å². The Labute approximate surface area is 280 Å². The topological polar surface area (TPSA) is 140 Å². The minimum absolute atomic E-state index is 0.0170. The van der Waals surface area contributed by atoms with Crippen molar-refractivity contribution in [2.75, 3.05) is 11.9 Å². The maximum absolute atomic E-state index is 15.2. The van der Waals surface area contributed by atoms with Gasteiger partial charge in [0.15, 0.2) is 5.69 Å². The fraction of sp³-hybridized carbons (Fsp3) is 0.314. The van der Waals surface area contributed by atoms with Gasteiger partial charge in [0, 0.05) is 18.2 Å². The van der Waals surface area contributed by atoms with Gasteiger partial charge < -0.3 is 26.4 Å². The molecule has 3 aromatic carbocycles. The first-order valence-corrected chi connectivity index (χ1v) is 15.5. The molecule has 3 amide bonds. The van der Waals surface area contributed by atoms with Crippen molar-refractivity contribution in [2.45, 2.75) is 58.0 Å². The van der Waals surface area contributed by atoms with Gasteiger partial charge in [0.25, 0.3) is 5.91 Å². The molecule has 1 atom stereocenters. The predicted molar refractivity (Wildman–Crippen MR) is 174 cm³/mol. The van der Waals surface area contributed by atoms with Gasteiger partial charge in [0.2, 0.25) is 5.91 Å². The Bertz CT molecular complexity index is 1850. The number of nitrogens with zero attached hydrogens (tertiary/aromatic N) is 2. The number of alkyl halides is 3. The molecule has 5 rings (SSSR count). The van der Waals surface area contributed by atoms with Crippen molar-refractivity contribution in [3.8, 4) is 5.69 Å². The first kappa shape index (κ1) is 35.1. The maximum atomic E-state index is 15.2. The second-order valence-electron chi connectivity index (χ2n) is 12.8. The normalized spacial score (nSPS) is 13.9. The smallest absolute Gasteiger partial charge is 0.435 e. The van der Waals surface area contributed by atoms with Crippen LogP contribution in [0, 0.1) is 11.7 Å². The number of benzene rings is 3. The molecular weight excluding hydrogens is 644 g/mol. The molecule has 0 aliphatic heterocycles. The molecule has 1 aromatic heterocycles. The lowest BCUT2D eigenvalue weighted by molar-refractivity contribution is -0.141. The number of nitrogens with two attached hydrogens (primary N) is 1. The van der Waals surface area contributed by atoms with Crippen molar-refractivity contribution in [1.29, 1.82) is 0 Å². The highest BCUT2D eigenvalue weighted by Gasteiger charge is 2.36. The van der Waals surface area contributed by atoms with Crippen molar-refractivity contribution >= 4 is 23.6 Å². The Morgan fingerprint density at radius 3 is 2.31 bits per heavy atom. The van der Waals surface area contributed by atoms with Gasteiger partial charge in [0.05, 0.1) is 17.4 Å². The molecule has 1 heterocycles. The van der Waals surface area contributed by atoms with Crippen LogP contribution in [-0.2, 0) is 17.5 Å². The molecule has 14 heteroatoms. The van der Waals surface area contributed by atoms with E-state index in [9.17, 15) is 27.6 Å². The van der Waals surface area contributed by atoms with Gasteiger partial charge in [-0.1, -0.05) is 30.3 Å². The van der Waals surface area contributed by atoms with Crippen LogP contribution >= 0.6 is 0 Å². The van der Waals surface area contributed by atoms with Crippen LogP contribution in [0.2, 0.25) is 0 Å². The minimum atomic E-state index is -4.88. The first-order valence-electron chi connectivity index (χ1n) is 15.5. The highest BCUT2D eigenvalue weighted by Crippen LogP contribution is 2.33. The first-order chi connectivity index (χ1) is 23.1. The van der Waals surface area contributed by atoms with Crippen LogP contribution in [0.5, 0.6) is 0 Å². The molecule has 0 saturated heterocycles. The fourth-order valence-electron chi connectivity index (χ4n) is 5.04. The Balaban J connectivity index is 1.43. The van der Waals surface area contributed by atoms with Gasteiger partial charge in [-0.25, -0.2) is 13.9 Å². The third-order valence-electron chi connectivity index (χ3n) is 7.63. The highest BCUT2D eigenvalue weighted by atomic mass is 19.4. The van der Waals surface area contributed by atoms with Crippen LogP contribution in [-0.4, -0.2) is 39.8 Å². The third-order valence-corrected chi connectivity index (χ3v) is 7.63. The zero-order valence-corrected chi connectivity index (χ0v) is 27.0. The molecule has 1 fully saturated rings. The number of hydrogen-bond donors (Lipinski definition) is 4. The second kappa shape index (κ2) is 14.1. The number of halogens is 4. The maximum Gasteiger partial charge on any atom is 0.435 e. The number of rotatable bonds is 11. The van der Waals surface area contributed by atoms with Gasteiger partial charge in [0.1, 0.15) is 17.1 Å². The molecule has 1 aliphatic carbocycles. The van der Waals surface area contributed by atoms with Crippen LogP contribution in [0.1, 0.15) is 82.9 Å². The lowest BCUT2D eigenvalue weighted by Gasteiger charge is -2.21. The summed E-state index contributed by atoms with van der Waals surface area (Å²) >= 11 is 0. The van der Waals surface area contributed by atoms with E-state index >= 15 is 4.39 Å². The number of carbonyl (C=O) groups is 3. The third kappa shape index (κ3) is 9.22. The van der Waals surface area contributed by atoms with E-state index in [1.165, 1.54) is 24.3 Å². The van der Waals surface area contributed by atoms with Gasteiger partial charge >= 0.3 is 12.3 Å². The monoisotopic (exact) mass is 680 g/mol.